The highest BCUT2D eigenvalue weighted by Crippen LogP contribution is 2.46. The highest BCUT2D eigenvalue weighted by atomic mass is 32.2. The van der Waals surface area contributed by atoms with Crippen LogP contribution < -0.4 is 9.64 Å². The fourth-order valence-corrected chi connectivity index (χ4v) is 5.42. The number of allylic oxidation sites excluding steroid dienone is 3. The topological polar surface area (TPSA) is 46.6 Å². The van der Waals surface area contributed by atoms with E-state index in [4.69, 9.17) is 4.74 Å². The van der Waals surface area contributed by atoms with Gasteiger partial charge in [-0.2, -0.15) is 0 Å². The highest BCUT2D eigenvalue weighted by Gasteiger charge is 2.29. The van der Waals surface area contributed by atoms with Crippen LogP contribution in [0.1, 0.15) is 23.1 Å². The molecule has 0 fully saturated rings. The molecule has 3 aromatic carbocycles. The van der Waals surface area contributed by atoms with E-state index in [-0.39, 0.29) is 0 Å². The summed E-state index contributed by atoms with van der Waals surface area (Å²) in [6.45, 7) is 0.928. The molecule has 0 bridgehead atoms. The molecule has 6 rings (SSSR count). The molecule has 0 radical (unpaired) electrons. The van der Waals surface area contributed by atoms with E-state index < -0.39 is 10.7 Å². The van der Waals surface area contributed by atoms with Crippen LogP contribution in [0.5, 0.6) is 5.75 Å². The molecule has 0 amide bonds. The SMILES string of the molecule is O=[SH](=O)c1ccccc1C1=C2C=CCC=C2Oc2cc(N3CCc4ccccc43)ccc21. The van der Waals surface area contributed by atoms with Gasteiger partial charge in [0.15, 0.2) is 10.7 Å². The summed E-state index contributed by atoms with van der Waals surface area (Å²) in [4.78, 5) is 2.64. The summed E-state index contributed by atoms with van der Waals surface area (Å²) in [5.74, 6) is 1.54. The third kappa shape index (κ3) is 3.00. The summed E-state index contributed by atoms with van der Waals surface area (Å²) in [6, 6.07) is 21.9. The Morgan fingerprint density at radius 3 is 2.66 bits per heavy atom. The smallest absolute Gasteiger partial charge is 0.168 e. The van der Waals surface area contributed by atoms with Crippen molar-refractivity contribution in [2.24, 2.45) is 0 Å². The minimum absolute atomic E-state index is 0.328. The lowest BCUT2D eigenvalue weighted by Gasteiger charge is -2.29. The molecule has 158 valence electrons. The zero-order valence-corrected chi connectivity index (χ0v) is 18.2. The molecule has 0 N–H and O–H groups in total. The van der Waals surface area contributed by atoms with Crippen LogP contribution in [0.25, 0.3) is 5.57 Å². The van der Waals surface area contributed by atoms with Gasteiger partial charge in [-0.05, 0) is 48.7 Å². The lowest BCUT2D eigenvalue weighted by atomic mass is 9.87. The third-order valence-electron chi connectivity index (χ3n) is 6.28. The zero-order chi connectivity index (χ0) is 21.7. The Hall–Kier alpha value is -3.57. The summed E-state index contributed by atoms with van der Waals surface area (Å²) in [7, 11) is -2.72. The molecule has 0 aromatic heterocycles. The molecule has 0 atom stereocenters. The van der Waals surface area contributed by atoms with Crippen molar-refractivity contribution in [3.63, 3.8) is 0 Å². The number of rotatable bonds is 3. The van der Waals surface area contributed by atoms with Crippen molar-refractivity contribution < 1.29 is 13.2 Å². The Morgan fingerprint density at radius 1 is 0.906 bits per heavy atom. The molecule has 32 heavy (non-hydrogen) atoms. The molecule has 5 heteroatoms. The molecular formula is C27H21NO3S. The van der Waals surface area contributed by atoms with Crippen molar-refractivity contribution in [3.05, 3.63) is 113 Å². The monoisotopic (exact) mass is 439 g/mol. The summed E-state index contributed by atoms with van der Waals surface area (Å²) in [6.07, 6.45) is 7.97. The minimum Gasteiger partial charge on any atom is -0.456 e. The van der Waals surface area contributed by atoms with Gasteiger partial charge in [0.05, 0.1) is 4.90 Å². The highest BCUT2D eigenvalue weighted by molar-refractivity contribution is 7.72. The van der Waals surface area contributed by atoms with Crippen molar-refractivity contribution in [2.75, 3.05) is 11.4 Å². The molecule has 3 aliphatic rings. The number of ether oxygens (including phenoxy) is 1. The predicted molar refractivity (Wildman–Crippen MR) is 127 cm³/mol. The molecule has 1 aliphatic carbocycles. The number of anilines is 2. The van der Waals surface area contributed by atoms with E-state index in [0.29, 0.717) is 10.5 Å². The number of hydrogen-bond donors (Lipinski definition) is 1. The maximum Gasteiger partial charge on any atom is 0.168 e. The van der Waals surface area contributed by atoms with E-state index in [9.17, 15) is 8.42 Å². The van der Waals surface area contributed by atoms with Gasteiger partial charge < -0.3 is 9.64 Å². The van der Waals surface area contributed by atoms with Crippen molar-refractivity contribution >= 4 is 27.7 Å². The van der Waals surface area contributed by atoms with E-state index in [1.807, 2.05) is 18.2 Å². The Morgan fingerprint density at radius 2 is 1.75 bits per heavy atom. The summed E-state index contributed by atoms with van der Waals surface area (Å²) in [5.41, 5.74) is 7.09. The molecule has 2 heterocycles. The van der Waals surface area contributed by atoms with E-state index >= 15 is 0 Å². The molecule has 2 aliphatic heterocycles. The van der Waals surface area contributed by atoms with Gasteiger partial charge in [0.25, 0.3) is 0 Å². The Kier molecular flexibility index (Phi) is 4.51. The molecular weight excluding hydrogens is 418 g/mol. The number of nitrogens with zero attached hydrogens (tertiary/aromatic N) is 1. The Bertz CT molecular complexity index is 1420. The Balaban J connectivity index is 1.54. The maximum absolute atomic E-state index is 12.0. The quantitative estimate of drug-likeness (QED) is 0.556. The van der Waals surface area contributed by atoms with Crippen molar-refractivity contribution in [2.45, 2.75) is 17.7 Å². The molecule has 3 aromatic rings. The van der Waals surface area contributed by atoms with Crippen LogP contribution in [-0.4, -0.2) is 15.0 Å². The number of hydrogen-bond acceptors (Lipinski definition) is 4. The van der Waals surface area contributed by atoms with Crippen molar-refractivity contribution in [1.29, 1.82) is 0 Å². The fourth-order valence-electron chi connectivity index (χ4n) is 4.83. The first kappa shape index (κ1) is 19.1. The number of para-hydroxylation sites is 1. The number of fused-ring (bicyclic) bond motifs is 3. The average molecular weight is 440 g/mol. The van der Waals surface area contributed by atoms with Crippen molar-refractivity contribution in [1.82, 2.24) is 0 Å². The maximum atomic E-state index is 12.0. The van der Waals surface area contributed by atoms with Gasteiger partial charge in [0, 0.05) is 46.3 Å². The molecule has 0 saturated carbocycles. The number of thiol groups is 1. The van der Waals surface area contributed by atoms with Gasteiger partial charge in [-0.3, -0.25) is 0 Å². The largest absolute Gasteiger partial charge is 0.456 e. The predicted octanol–water partition coefficient (Wildman–Crippen LogP) is 5.39. The summed E-state index contributed by atoms with van der Waals surface area (Å²) in [5, 5.41) is 0. The van der Waals surface area contributed by atoms with Gasteiger partial charge in [-0.25, -0.2) is 8.42 Å². The van der Waals surface area contributed by atoms with Crippen LogP contribution in [0, 0.1) is 0 Å². The first-order chi connectivity index (χ1) is 15.7. The molecule has 4 nitrogen and oxygen atoms in total. The van der Waals surface area contributed by atoms with Crippen LogP contribution >= 0.6 is 0 Å². The van der Waals surface area contributed by atoms with Crippen LogP contribution in [0.4, 0.5) is 11.4 Å². The van der Waals surface area contributed by atoms with Gasteiger partial charge >= 0.3 is 0 Å². The second kappa shape index (κ2) is 7.53. The molecule has 0 saturated heterocycles. The minimum atomic E-state index is -2.72. The first-order valence-corrected chi connectivity index (χ1v) is 11.9. The van der Waals surface area contributed by atoms with E-state index in [0.717, 1.165) is 53.3 Å². The third-order valence-corrected chi connectivity index (χ3v) is 7.07. The standard InChI is InChI=1S/C27H21NO3S/c29-32(30)26-12-6-3-9-22(26)27-20-8-2-5-11-24(20)31-25-17-19(13-14-21(25)27)28-16-15-18-7-1-4-10-23(18)28/h1-4,6-14,17,32H,5,15-16H2. The van der Waals surface area contributed by atoms with Gasteiger partial charge in [-0.1, -0.05) is 48.6 Å². The summed E-state index contributed by atoms with van der Waals surface area (Å²) < 4.78 is 30.4. The molecule has 0 spiro atoms. The summed E-state index contributed by atoms with van der Waals surface area (Å²) >= 11 is 0. The van der Waals surface area contributed by atoms with E-state index in [1.54, 1.807) is 12.1 Å². The van der Waals surface area contributed by atoms with Crippen LogP contribution in [0.3, 0.4) is 0 Å². The van der Waals surface area contributed by atoms with Crippen LogP contribution in [0.2, 0.25) is 0 Å². The Labute approximate surface area is 188 Å². The van der Waals surface area contributed by atoms with E-state index in [2.05, 4.69) is 59.5 Å². The molecule has 0 unspecified atom stereocenters. The van der Waals surface area contributed by atoms with Gasteiger partial charge in [-0.15, -0.1) is 0 Å². The normalized spacial score (nSPS) is 16.4. The van der Waals surface area contributed by atoms with E-state index in [1.165, 1.54) is 11.3 Å². The first-order valence-electron chi connectivity index (χ1n) is 10.7. The second-order valence-corrected chi connectivity index (χ2v) is 9.08. The van der Waals surface area contributed by atoms with Gasteiger partial charge in [0.2, 0.25) is 0 Å². The van der Waals surface area contributed by atoms with Crippen LogP contribution in [-0.2, 0) is 17.1 Å². The van der Waals surface area contributed by atoms with Crippen molar-refractivity contribution in [3.8, 4) is 5.75 Å². The lowest BCUT2D eigenvalue weighted by Crippen LogP contribution is -2.15. The fraction of sp³-hybridized carbons (Fsp3) is 0.111. The second-order valence-electron chi connectivity index (χ2n) is 8.08. The number of benzene rings is 3. The lowest BCUT2D eigenvalue weighted by molar-refractivity contribution is 0.429. The van der Waals surface area contributed by atoms with Crippen LogP contribution in [0.15, 0.2) is 101 Å². The zero-order valence-electron chi connectivity index (χ0n) is 17.3. The average Bonchev–Trinajstić information content (AvgIpc) is 3.26. The van der Waals surface area contributed by atoms with Gasteiger partial charge in [0.1, 0.15) is 11.5 Å².